The minimum atomic E-state index is -4.44. The van der Waals surface area contributed by atoms with E-state index in [1.54, 1.807) is 31.6 Å². The number of aromatic nitrogens is 3. The smallest absolute Gasteiger partial charge is 0.416 e. The maximum absolute atomic E-state index is 13.2. The van der Waals surface area contributed by atoms with Crippen LogP contribution in [0.1, 0.15) is 43.9 Å². The molecular formula is C25H29F3N4O3. The first-order chi connectivity index (χ1) is 16.5. The Hall–Kier alpha value is -3.11. The van der Waals surface area contributed by atoms with Gasteiger partial charge in [0.25, 0.3) is 0 Å². The zero-order chi connectivity index (χ0) is 25.4. The topological polar surface area (TPSA) is 70.3 Å². The van der Waals surface area contributed by atoms with Crippen molar-refractivity contribution in [3.63, 3.8) is 0 Å². The molecule has 1 aliphatic rings. The van der Waals surface area contributed by atoms with Gasteiger partial charge in [0, 0.05) is 24.3 Å². The van der Waals surface area contributed by atoms with Crippen molar-refractivity contribution in [2.24, 2.45) is 0 Å². The van der Waals surface area contributed by atoms with Gasteiger partial charge in [-0.25, -0.2) is 9.48 Å². The molecule has 1 unspecified atom stereocenters. The molecule has 0 radical (unpaired) electrons. The Balaban J connectivity index is 1.59. The maximum atomic E-state index is 13.2. The van der Waals surface area contributed by atoms with Gasteiger partial charge in [0.05, 0.1) is 19.2 Å². The van der Waals surface area contributed by atoms with E-state index in [9.17, 15) is 18.0 Å². The molecule has 1 heterocycles. The predicted molar refractivity (Wildman–Crippen MR) is 125 cm³/mol. The van der Waals surface area contributed by atoms with Crippen molar-refractivity contribution in [3.05, 3.63) is 70.1 Å². The largest absolute Gasteiger partial charge is 0.497 e. The van der Waals surface area contributed by atoms with Crippen molar-refractivity contribution in [1.29, 1.82) is 0 Å². The molecule has 4 rings (SSSR count). The second-order valence-electron chi connectivity index (χ2n) is 9.19. The standard InChI is InChI=1S/C25H29F3N4O3/c1-24(2,17-6-5-7-18(14-17)25(26,27)28)29-21(35-4)15-31-23(33)32(19-10-11-19)22(30-31)16-8-12-20(34-3)13-9-16/h5-9,12-14,19,21,29H,10-11,15H2,1-4H3. The Morgan fingerprint density at radius 3 is 2.31 bits per heavy atom. The van der Waals surface area contributed by atoms with Crippen molar-refractivity contribution in [2.75, 3.05) is 14.2 Å². The van der Waals surface area contributed by atoms with Gasteiger partial charge in [-0.1, -0.05) is 12.1 Å². The number of benzene rings is 2. The molecule has 188 valence electrons. The van der Waals surface area contributed by atoms with Gasteiger partial charge in [0.2, 0.25) is 0 Å². The van der Waals surface area contributed by atoms with Crippen molar-refractivity contribution in [2.45, 2.75) is 57.2 Å². The van der Waals surface area contributed by atoms with Gasteiger partial charge in [-0.15, -0.1) is 5.10 Å². The summed E-state index contributed by atoms with van der Waals surface area (Å²) in [6, 6.07) is 12.6. The molecule has 1 atom stereocenters. The van der Waals surface area contributed by atoms with Gasteiger partial charge >= 0.3 is 11.9 Å². The molecule has 2 aromatic carbocycles. The lowest BCUT2D eigenvalue weighted by Crippen LogP contribution is -2.48. The van der Waals surface area contributed by atoms with Gasteiger partial charge in [-0.2, -0.15) is 13.2 Å². The molecule has 3 aromatic rings. The van der Waals surface area contributed by atoms with Crippen LogP contribution in [0.3, 0.4) is 0 Å². The Morgan fingerprint density at radius 2 is 1.74 bits per heavy atom. The summed E-state index contributed by atoms with van der Waals surface area (Å²) in [5, 5.41) is 7.82. The van der Waals surface area contributed by atoms with Crippen molar-refractivity contribution >= 4 is 0 Å². The van der Waals surface area contributed by atoms with Crippen LogP contribution in [0.15, 0.2) is 53.3 Å². The number of methoxy groups -OCH3 is 2. The molecule has 1 saturated carbocycles. The van der Waals surface area contributed by atoms with Crippen LogP contribution in [0.4, 0.5) is 13.2 Å². The van der Waals surface area contributed by atoms with Crippen LogP contribution in [0, 0.1) is 0 Å². The third-order valence-electron chi connectivity index (χ3n) is 6.19. The van der Waals surface area contributed by atoms with E-state index in [0.717, 1.165) is 30.5 Å². The monoisotopic (exact) mass is 490 g/mol. The van der Waals surface area contributed by atoms with E-state index in [-0.39, 0.29) is 18.3 Å². The number of hydrogen-bond acceptors (Lipinski definition) is 5. The van der Waals surface area contributed by atoms with Gasteiger partial charge in [0.15, 0.2) is 5.82 Å². The number of rotatable bonds is 9. The van der Waals surface area contributed by atoms with Crippen LogP contribution in [0.2, 0.25) is 0 Å². The summed E-state index contributed by atoms with van der Waals surface area (Å²) in [6.45, 7) is 3.62. The third kappa shape index (κ3) is 5.43. The zero-order valence-electron chi connectivity index (χ0n) is 20.1. The van der Waals surface area contributed by atoms with E-state index in [1.807, 2.05) is 24.3 Å². The highest BCUT2D eigenvalue weighted by Crippen LogP contribution is 2.37. The summed E-state index contributed by atoms with van der Waals surface area (Å²) >= 11 is 0. The molecule has 10 heteroatoms. The van der Waals surface area contributed by atoms with Crippen LogP contribution in [0.5, 0.6) is 5.75 Å². The number of halogens is 3. The summed E-state index contributed by atoms with van der Waals surface area (Å²) in [5.74, 6) is 1.26. The fourth-order valence-corrected chi connectivity index (χ4v) is 4.04. The molecule has 1 fully saturated rings. The summed E-state index contributed by atoms with van der Waals surface area (Å²) in [7, 11) is 3.07. The lowest BCUT2D eigenvalue weighted by molar-refractivity contribution is -0.137. The molecule has 0 amide bonds. The molecule has 0 spiro atoms. The second kappa shape index (κ2) is 9.50. The number of nitrogens with one attached hydrogen (secondary N) is 1. The number of alkyl halides is 3. The first-order valence-electron chi connectivity index (χ1n) is 11.4. The molecule has 35 heavy (non-hydrogen) atoms. The SMILES string of the molecule is COc1ccc(-c2nn(CC(NC(C)(C)c3cccc(C(F)(F)F)c3)OC)c(=O)n2C2CC2)cc1. The Kier molecular flexibility index (Phi) is 6.79. The summed E-state index contributed by atoms with van der Waals surface area (Å²) in [6.07, 6.45) is -3.30. The summed E-state index contributed by atoms with van der Waals surface area (Å²) in [5.41, 5.74) is -0.603. The van der Waals surface area contributed by atoms with Crippen LogP contribution in [-0.2, 0) is 23.0 Å². The number of hydrogen-bond donors (Lipinski definition) is 1. The van der Waals surface area contributed by atoms with Crippen LogP contribution < -0.4 is 15.7 Å². The van der Waals surface area contributed by atoms with Crippen LogP contribution >= 0.6 is 0 Å². The normalized spacial score (nSPS) is 15.3. The predicted octanol–water partition coefficient (Wildman–Crippen LogP) is 4.57. The fraction of sp³-hybridized carbons (Fsp3) is 0.440. The molecule has 1 aromatic heterocycles. The minimum Gasteiger partial charge on any atom is -0.497 e. The third-order valence-corrected chi connectivity index (χ3v) is 6.19. The van der Waals surface area contributed by atoms with Crippen molar-refractivity contribution in [3.8, 4) is 17.1 Å². The van der Waals surface area contributed by atoms with E-state index >= 15 is 0 Å². The number of nitrogens with zero attached hydrogens (tertiary/aromatic N) is 3. The summed E-state index contributed by atoms with van der Waals surface area (Å²) < 4.78 is 53.5. The van der Waals surface area contributed by atoms with E-state index in [0.29, 0.717) is 17.1 Å². The number of ether oxygens (including phenoxy) is 2. The molecule has 1 N–H and O–H groups in total. The Morgan fingerprint density at radius 1 is 1.09 bits per heavy atom. The zero-order valence-corrected chi connectivity index (χ0v) is 20.1. The van der Waals surface area contributed by atoms with Gasteiger partial charge in [-0.05, 0) is 68.7 Å². The van der Waals surface area contributed by atoms with Crippen LogP contribution in [0.25, 0.3) is 11.4 Å². The van der Waals surface area contributed by atoms with E-state index < -0.39 is 23.5 Å². The maximum Gasteiger partial charge on any atom is 0.416 e. The quantitative estimate of drug-likeness (QED) is 0.445. The average molecular weight is 491 g/mol. The van der Waals surface area contributed by atoms with Gasteiger partial charge in [0.1, 0.15) is 12.0 Å². The van der Waals surface area contributed by atoms with Crippen molar-refractivity contribution in [1.82, 2.24) is 19.7 Å². The lowest BCUT2D eigenvalue weighted by Gasteiger charge is -2.32. The molecular weight excluding hydrogens is 461 g/mol. The molecule has 7 nitrogen and oxygen atoms in total. The fourth-order valence-electron chi connectivity index (χ4n) is 4.04. The second-order valence-corrected chi connectivity index (χ2v) is 9.19. The van der Waals surface area contributed by atoms with E-state index in [4.69, 9.17) is 9.47 Å². The summed E-state index contributed by atoms with van der Waals surface area (Å²) in [4.78, 5) is 13.2. The van der Waals surface area contributed by atoms with Crippen LogP contribution in [-0.4, -0.2) is 34.8 Å². The highest BCUT2D eigenvalue weighted by molar-refractivity contribution is 5.56. The van der Waals surface area contributed by atoms with E-state index in [1.165, 1.54) is 17.9 Å². The molecule has 1 aliphatic carbocycles. The lowest BCUT2D eigenvalue weighted by atomic mass is 9.92. The highest BCUT2D eigenvalue weighted by Gasteiger charge is 2.34. The average Bonchev–Trinajstić information content (AvgIpc) is 3.62. The minimum absolute atomic E-state index is 0.0839. The first kappa shape index (κ1) is 25.0. The van der Waals surface area contributed by atoms with Gasteiger partial charge in [-0.3, -0.25) is 9.88 Å². The Labute approximate surface area is 201 Å². The Bertz CT molecular complexity index is 1230. The molecule has 0 saturated heterocycles. The van der Waals surface area contributed by atoms with Gasteiger partial charge < -0.3 is 9.47 Å². The van der Waals surface area contributed by atoms with E-state index in [2.05, 4.69) is 10.4 Å². The molecule has 0 aliphatic heterocycles. The first-order valence-corrected chi connectivity index (χ1v) is 11.4. The highest BCUT2D eigenvalue weighted by atomic mass is 19.4. The molecule has 0 bridgehead atoms. The van der Waals surface area contributed by atoms with Crippen molar-refractivity contribution < 1.29 is 22.6 Å².